The standard InChI is InChI=1S/C14H18N2O3/c17-11-8-15-6-10(11)7-16-14(18)13-5-9-3-1-2-4-12(9)19-13/h1-4,10-11,13,15,17H,5-8H2,(H,16,18). The highest BCUT2D eigenvalue weighted by Crippen LogP contribution is 2.28. The van der Waals surface area contributed by atoms with Gasteiger partial charge in [-0.05, 0) is 11.6 Å². The van der Waals surface area contributed by atoms with Crippen LogP contribution in [0.5, 0.6) is 5.75 Å². The molecule has 1 amide bonds. The largest absolute Gasteiger partial charge is 0.480 e. The molecule has 3 atom stereocenters. The first-order valence-corrected chi connectivity index (χ1v) is 6.65. The van der Waals surface area contributed by atoms with E-state index in [0.29, 0.717) is 19.5 Å². The number of ether oxygens (including phenoxy) is 1. The second-order valence-corrected chi connectivity index (χ2v) is 5.15. The van der Waals surface area contributed by atoms with Gasteiger partial charge in [-0.3, -0.25) is 4.79 Å². The van der Waals surface area contributed by atoms with E-state index >= 15 is 0 Å². The summed E-state index contributed by atoms with van der Waals surface area (Å²) in [6.45, 7) is 1.84. The molecule has 0 saturated carbocycles. The number of aliphatic hydroxyl groups is 1. The van der Waals surface area contributed by atoms with Gasteiger partial charge in [0.05, 0.1) is 6.10 Å². The van der Waals surface area contributed by atoms with E-state index in [0.717, 1.165) is 17.9 Å². The van der Waals surface area contributed by atoms with Gasteiger partial charge >= 0.3 is 0 Å². The van der Waals surface area contributed by atoms with Crippen LogP contribution in [-0.4, -0.2) is 42.9 Å². The molecule has 2 heterocycles. The van der Waals surface area contributed by atoms with E-state index in [1.54, 1.807) is 0 Å². The van der Waals surface area contributed by atoms with Gasteiger partial charge in [-0.25, -0.2) is 0 Å². The van der Waals surface area contributed by atoms with Crippen molar-refractivity contribution in [3.63, 3.8) is 0 Å². The van der Waals surface area contributed by atoms with Gasteiger partial charge in [-0.15, -0.1) is 0 Å². The van der Waals surface area contributed by atoms with Crippen molar-refractivity contribution >= 4 is 5.91 Å². The number of hydrogen-bond acceptors (Lipinski definition) is 4. The predicted molar refractivity (Wildman–Crippen MR) is 69.9 cm³/mol. The quantitative estimate of drug-likeness (QED) is 0.698. The number of nitrogens with one attached hydrogen (secondary N) is 2. The van der Waals surface area contributed by atoms with Crippen LogP contribution in [0.25, 0.3) is 0 Å². The monoisotopic (exact) mass is 262 g/mol. The van der Waals surface area contributed by atoms with Crippen molar-refractivity contribution in [3.05, 3.63) is 29.8 Å². The van der Waals surface area contributed by atoms with E-state index < -0.39 is 6.10 Å². The highest BCUT2D eigenvalue weighted by Gasteiger charge is 2.30. The lowest BCUT2D eigenvalue weighted by atomic mass is 10.1. The molecule has 5 nitrogen and oxygen atoms in total. The van der Waals surface area contributed by atoms with Crippen LogP contribution in [0, 0.1) is 5.92 Å². The Morgan fingerprint density at radius 1 is 1.42 bits per heavy atom. The van der Waals surface area contributed by atoms with Crippen molar-refractivity contribution in [3.8, 4) is 5.75 Å². The van der Waals surface area contributed by atoms with E-state index in [1.807, 2.05) is 24.3 Å². The zero-order valence-electron chi connectivity index (χ0n) is 10.6. The van der Waals surface area contributed by atoms with Gasteiger partial charge < -0.3 is 20.5 Å². The summed E-state index contributed by atoms with van der Waals surface area (Å²) >= 11 is 0. The Morgan fingerprint density at radius 2 is 2.26 bits per heavy atom. The molecule has 1 fully saturated rings. The molecule has 2 aliphatic rings. The molecule has 1 saturated heterocycles. The summed E-state index contributed by atoms with van der Waals surface area (Å²) in [6.07, 6.45) is -0.195. The molecule has 0 aromatic heterocycles. The lowest BCUT2D eigenvalue weighted by Crippen LogP contribution is -2.41. The van der Waals surface area contributed by atoms with E-state index in [2.05, 4.69) is 10.6 Å². The summed E-state index contributed by atoms with van der Waals surface area (Å²) in [4.78, 5) is 12.0. The van der Waals surface area contributed by atoms with E-state index in [4.69, 9.17) is 4.74 Å². The topological polar surface area (TPSA) is 70.6 Å². The second kappa shape index (κ2) is 5.19. The number of para-hydroxylation sites is 1. The molecular weight excluding hydrogens is 244 g/mol. The number of carbonyl (C=O) groups is 1. The first kappa shape index (κ1) is 12.4. The van der Waals surface area contributed by atoms with Gasteiger partial charge in [0.15, 0.2) is 6.10 Å². The van der Waals surface area contributed by atoms with Crippen molar-refractivity contribution < 1.29 is 14.6 Å². The normalized spacial score (nSPS) is 28.8. The minimum Gasteiger partial charge on any atom is -0.480 e. The van der Waals surface area contributed by atoms with Crippen LogP contribution in [0.4, 0.5) is 0 Å². The molecule has 2 aliphatic heterocycles. The summed E-state index contributed by atoms with van der Waals surface area (Å²) in [5.41, 5.74) is 1.07. The van der Waals surface area contributed by atoms with Crippen LogP contribution >= 0.6 is 0 Å². The van der Waals surface area contributed by atoms with Crippen molar-refractivity contribution in [2.45, 2.75) is 18.6 Å². The van der Waals surface area contributed by atoms with Crippen molar-refractivity contribution in [1.82, 2.24) is 10.6 Å². The Kier molecular flexibility index (Phi) is 3.40. The molecule has 0 bridgehead atoms. The molecule has 5 heteroatoms. The summed E-state index contributed by atoms with van der Waals surface area (Å²) in [5.74, 6) is 0.785. The molecule has 3 unspecified atom stereocenters. The van der Waals surface area contributed by atoms with Gasteiger partial charge in [0.25, 0.3) is 5.91 Å². The Bertz CT molecular complexity index is 453. The van der Waals surface area contributed by atoms with E-state index in [9.17, 15) is 9.90 Å². The van der Waals surface area contributed by atoms with Gasteiger partial charge in [0.1, 0.15) is 5.75 Å². The van der Waals surface area contributed by atoms with Crippen LogP contribution in [-0.2, 0) is 11.2 Å². The highest BCUT2D eigenvalue weighted by atomic mass is 16.5. The van der Waals surface area contributed by atoms with Crippen LogP contribution in [0.1, 0.15) is 5.56 Å². The van der Waals surface area contributed by atoms with Crippen LogP contribution in [0.3, 0.4) is 0 Å². The fraction of sp³-hybridized carbons (Fsp3) is 0.500. The zero-order valence-corrected chi connectivity index (χ0v) is 10.6. The van der Waals surface area contributed by atoms with Gasteiger partial charge in [0.2, 0.25) is 0 Å². The van der Waals surface area contributed by atoms with Crippen LogP contribution in [0.15, 0.2) is 24.3 Å². The molecule has 1 aromatic carbocycles. The maximum Gasteiger partial charge on any atom is 0.261 e. The predicted octanol–water partition coefficient (Wildman–Crippen LogP) is -0.313. The average Bonchev–Trinajstić information content (AvgIpc) is 3.01. The Morgan fingerprint density at radius 3 is 3.00 bits per heavy atom. The molecule has 1 aromatic rings. The molecule has 102 valence electrons. The molecule has 3 N–H and O–H groups in total. The molecule has 0 radical (unpaired) electrons. The van der Waals surface area contributed by atoms with Crippen molar-refractivity contribution in [1.29, 1.82) is 0 Å². The highest BCUT2D eigenvalue weighted by molar-refractivity contribution is 5.82. The molecule has 19 heavy (non-hydrogen) atoms. The van der Waals surface area contributed by atoms with Gasteiger partial charge in [-0.1, -0.05) is 18.2 Å². The lowest BCUT2D eigenvalue weighted by Gasteiger charge is -2.16. The zero-order chi connectivity index (χ0) is 13.2. The third kappa shape index (κ3) is 2.57. The summed E-state index contributed by atoms with van der Waals surface area (Å²) in [7, 11) is 0. The minimum atomic E-state index is -0.441. The first-order valence-electron chi connectivity index (χ1n) is 6.65. The summed E-state index contributed by atoms with van der Waals surface area (Å²) in [5, 5.41) is 15.6. The van der Waals surface area contributed by atoms with Gasteiger partial charge in [0, 0.05) is 32.0 Å². The Labute approximate surface area is 112 Å². The molecular formula is C14H18N2O3. The number of fused-ring (bicyclic) bond motifs is 1. The van der Waals surface area contributed by atoms with Gasteiger partial charge in [-0.2, -0.15) is 0 Å². The fourth-order valence-electron chi connectivity index (χ4n) is 2.60. The SMILES string of the molecule is O=C(NCC1CNCC1O)C1Cc2ccccc2O1. The molecule has 0 spiro atoms. The van der Waals surface area contributed by atoms with E-state index in [1.165, 1.54) is 0 Å². The number of rotatable bonds is 3. The number of hydrogen-bond donors (Lipinski definition) is 3. The van der Waals surface area contributed by atoms with Crippen LogP contribution in [0.2, 0.25) is 0 Å². The van der Waals surface area contributed by atoms with Crippen molar-refractivity contribution in [2.75, 3.05) is 19.6 Å². The average molecular weight is 262 g/mol. The number of carbonyl (C=O) groups excluding carboxylic acids is 1. The first-order chi connectivity index (χ1) is 9.24. The summed E-state index contributed by atoms with van der Waals surface area (Å²) in [6, 6.07) is 7.71. The Balaban J connectivity index is 1.52. The van der Waals surface area contributed by atoms with E-state index in [-0.39, 0.29) is 17.9 Å². The van der Waals surface area contributed by atoms with Crippen LogP contribution < -0.4 is 15.4 Å². The number of amides is 1. The Hall–Kier alpha value is -1.59. The maximum atomic E-state index is 12.0. The maximum absolute atomic E-state index is 12.0. The minimum absolute atomic E-state index is 0.0905. The molecule has 0 aliphatic carbocycles. The lowest BCUT2D eigenvalue weighted by molar-refractivity contribution is -0.127. The number of β-amino-alcohol motifs (C(OH)–C–C–N with tert-alkyl or cyclic N) is 1. The smallest absolute Gasteiger partial charge is 0.261 e. The molecule has 3 rings (SSSR count). The summed E-state index contributed by atoms with van der Waals surface area (Å²) < 4.78 is 5.62. The number of benzene rings is 1. The van der Waals surface area contributed by atoms with Crippen molar-refractivity contribution in [2.24, 2.45) is 5.92 Å². The third-order valence-electron chi connectivity index (χ3n) is 3.78. The second-order valence-electron chi connectivity index (χ2n) is 5.15. The third-order valence-corrected chi connectivity index (χ3v) is 3.78. The fourth-order valence-corrected chi connectivity index (χ4v) is 2.60. The number of aliphatic hydroxyl groups excluding tert-OH is 1.